The lowest BCUT2D eigenvalue weighted by atomic mass is 10.1. The zero-order valence-electron chi connectivity index (χ0n) is 13.3. The fourth-order valence-electron chi connectivity index (χ4n) is 2.52. The van der Waals surface area contributed by atoms with Crippen molar-refractivity contribution in [2.24, 2.45) is 0 Å². The van der Waals surface area contributed by atoms with E-state index >= 15 is 0 Å². The van der Waals surface area contributed by atoms with Crippen LogP contribution in [-0.4, -0.2) is 27.8 Å². The number of ether oxygens (including phenoxy) is 1. The van der Waals surface area contributed by atoms with E-state index in [-0.39, 0.29) is 17.0 Å². The van der Waals surface area contributed by atoms with Crippen molar-refractivity contribution in [3.05, 3.63) is 76.0 Å². The molecule has 0 aliphatic carbocycles. The van der Waals surface area contributed by atoms with Crippen LogP contribution in [-0.2, 0) is 4.74 Å². The number of non-ortho nitro benzene ring substituents is 1. The number of nitrogens with one attached hydrogen (secondary N) is 1. The molecule has 0 fully saturated rings. The Morgan fingerprint density at radius 2 is 1.92 bits per heavy atom. The number of Topliss-reactive ketones (excluding diaryl/α,β-unsaturated/α-hetero) is 1. The van der Waals surface area contributed by atoms with Crippen molar-refractivity contribution in [1.82, 2.24) is 4.98 Å². The van der Waals surface area contributed by atoms with E-state index in [1.165, 1.54) is 25.1 Å². The molecule has 0 spiro atoms. The number of nitrogens with zero attached hydrogens (tertiary/aromatic N) is 1. The number of benzene rings is 2. The Labute approximate surface area is 142 Å². The third-order valence-corrected chi connectivity index (χ3v) is 3.80. The van der Waals surface area contributed by atoms with E-state index in [1.54, 1.807) is 12.3 Å². The number of para-hydroxylation sites is 1. The minimum Gasteiger partial charge on any atom is -0.451 e. The van der Waals surface area contributed by atoms with Crippen molar-refractivity contribution < 1.29 is 19.2 Å². The summed E-state index contributed by atoms with van der Waals surface area (Å²) in [7, 11) is 0. The molecule has 3 aromatic rings. The number of aromatic amines is 1. The van der Waals surface area contributed by atoms with Crippen molar-refractivity contribution in [2.75, 3.05) is 0 Å². The van der Waals surface area contributed by atoms with E-state index in [4.69, 9.17) is 4.74 Å². The summed E-state index contributed by atoms with van der Waals surface area (Å²) >= 11 is 0. The first kappa shape index (κ1) is 16.4. The number of hydrogen-bond donors (Lipinski definition) is 1. The van der Waals surface area contributed by atoms with Crippen molar-refractivity contribution in [3.63, 3.8) is 0 Å². The number of hydrogen-bond acceptors (Lipinski definition) is 5. The van der Waals surface area contributed by atoms with Gasteiger partial charge in [-0.2, -0.15) is 0 Å². The van der Waals surface area contributed by atoms with Gasteiger partial charge in [0.15, 0.2) is 6.10 Å². The van der Waals surface area contributed by atoms with Crippen LogP contribution in [0.15, 0.2) is 54.7 Å². The van der Waals surface area contributed by atoms with Gasteiger partial charge in [-0.3, -0.25) is 14.9 Å². The van der Waals surface area contributed by atoms with Crippen LogP contribution >= 0.6 is 0 Å². The number of carbonyl (C=O) groups excluding carboxylic acids is 2. The lowest BCUT2D eigenvalue weighted by Crippen LogP contribution is -2.24. The molecule has 0 amide bonds. The van der Waals surface area contributed by atoms with Crippen molar-refractivity contribution in [2.45, 2.75) is 13.0 Å². The largest absolute Gasteiger partial charge is 0.451 e. The highest BCUT2D eigenvalue weighted by atomic mass is 16.6. The van der Waals surface area contributed by atoms with Crippen LogP contribution in [0.3, 0.4) is 0 Å². The van der Waals surface area contributed by atoms with E-state index in [1.807, 2.05) is 18.2 Å². The summed E-state index contributed by atoms with van der Waals surface area (Å²) in [6, 6.07) is 12.5. The SMILES string of the molecule is C[C@H](OC(=O)c1cccc([N+](=O)[O-])c1)C(=O)c1c[nH]c2ccccc12. The number of esters is 1. The highest BCUT2D eigenvalue weighted by Gasteiger charge is 2.23. The highest BCUT2D eigenvalue weighted by Crippen LogP contribution is 2.21. The van der Waals surface area contributed by atoms with Gasteiger partial charge in [-0.05, 0) is 19.1 Å². The summed E-state index contributed by atoms with van der Waals surface area (Å²) in [5.41, 5.74) is 1.04. The predicted octanol–water partition coefficient (Wildman–Crippen LogP) is 3.50. The molecule has 1 atom stereocenters. The first-order valence-electron chi connectivity index (χ1n) is 7.53. The van der Waals surface area contributed by atoms with E-state index in [0.717, 1.165) is 17.0 Å². The molecular formula is C18H14N2O5. The Hall–Kier alpha value is -3.48. The maximum atomic E-state index is 12.6. The number of nitro benzene ring substituents is 1. The molecule has 0 bridgehead atoms. The number of fused-ring (bicyclic) bond motifs is 1. The number of nitro groups is 1. The Balaban J connectivity index is 1.78. The summed E-state index contributed by atoms with van der Waals surface area (Å²) in [5, 5.41) is 11.5. The zero-order valence-corrected chi connectivity index (χ0v) is 13.3. The molecule has 0 aliphatic rings. The lowest BCUT2D eigenvalue weighted by Gasteiger charge is -2.12. The van der Waals surface area contributed by atoms with Crippen LogP contribution in [0.2, 0.25) is 0 Å². The molecule has 2 aromatic carbocycles. The maximum Gasteiger partial charge on any atom is 0.339 e. The van der Waals surface area contributed by atoms with Crippen LogP contribution in [0.5, 0.6) is 0 Å². The van der Waals surface area contributed by atoms with Gasteiger partial charge >= 0.3 is 5.97 Å². The van der Waals surface area contributed by atoms with Crippen LogP contribution in [0.25, 0.3) is 10.9 Å². The second-order valence-electron chi connectivity index (χ2n) is 5.47. The summed E-state index contributed by atoms with van der Waals surface area (Å²) in [5.74, 6) is -1.14. The molecule has 25 heavy (non-hydrogen) atoms. The second-order valence-corrected chi connectivity index (χ2v) is 5.47. The van der Waals surface area contributed by atoms with Gasteiger partial charge in [0.25, 0.3) is 5.69 Å². The first-order valence-corrected chi connectivity index (χ1v) is 7.53. The maximum absolute atomic E-state index is 12.6. The van der Waals surface area contributed by atoms with Crippen molar-refractivity contribution in [1.29, 1.82) is 0 Å². The van der Waals surface area contributed by atoms with Gasteiger partial charge in [0.05, 0.1) is 10.5 Å². The average Bonchev–Trinajstić information content (AvgIpc) is 3.05. The third-order valence-electron chi connectivity index (χ3n) is 3.80. The van der Waals surface area contributed by atoms with E-state index < -0.39 is 17.0 Å². The van der Waals surface area contributed by atoms with Crippen LogP contribution < -0.4 is 0 Å². The fourth-order valence-corrected chi connectivity index (χ4v) is 2.52. The Morgan fingerprint density at radius 3 is 2.68 bits per heavy atom. The topological polar surface area (TPSA) is 102 Å². The molecule has 0 saturated heterocycles. The van der Waals surface area contributed by atoms with Gasteiger partial charge in [0, 0.05) is 34.8 Å². The monoisotopic (exact) mass is 338 g/mol. The molecule has 3 rings (SSSR count). The fraction of sp³-hybridized carbons (Fsp3) is 0.111. The van der Waals surface area contributed by atoms with Crippen molar-refractivity contribution in [3.8, 4) is 0 Å². The molecular weight excluding hydrogens is 324 g/mol. The normalized spacial score (nSPS) is 11.9. The molecule has 7 heteroatoms. The summed E-state index contributed by atoms with van der Waals surface area (Å²) in [6.45, 7) is 1.47. The first-order chi connectivity index (χ1) is 12.0. The number of ketones is 1. The molecule has 7 nitrogen and oxygen atoms in total. The molecule has 1 heterocycles. The molecule has 0 aliphatic heterocycles. The van der Waals surface area contributed by atoms with Crippen LogP contribution in [0.4, 0.5) is 5.69 Å². The molecule has 0 saturated carbocycles. The van der Waals surface area contributed by atoms with Gasteiger partial charge in [-0.1, -0.05) is 24.3 Å². The van der Waals surface area contributed by atoms with Gasteiger partial charge in [0.2, 0.25) is 5.78 Å². The molecule has 1 N–H and O–H groups in total. The Kier molecular flexibility index (Phi) is 4.30. The standard InChI is InChI=1S/C18H14N2O5/c1-11(17(21)15-10-19-16-8-3-2-7-14(15)16)25-18(22)12-5-4-6-13(9-12)20(23)24/h2-11,19H,1H3/t11-/m0/s1. The van der Waals surface area contributed by atoms with Gasteiger partial charge in [-0.25, -0.2) is 4.79 Å². The van der Waals surface area contributed by atoms with E-state index in [9.17, 15) is 19.7 Å². The number of H-pyrrole nitrogens is 1. The van der Waals surface area contributed by atoms with E-state index in [2.05, 4.69) is 4.98 Å². The molecule has 126 valence electrons. The summed E-state index contributed by atoms with van der Waals surface area (Å²) in [4.78, 5) is 37.9. The minimum absolute atomic E-state index is 0.0211. The molecule has 1 aromatic heterocycles. The summed E-state index contributed by atoms with van der Waals surface area (Å²) < 4.78 is 5.18. The number of aromatic nitrogens is 1. The predicted molar refractivity (Wildman–Crippen MR) is 90.6 cm³/mol. The quantitative estimate of drug-likeness (QED) is 0.332. The minimum atomic E-state index is -1.02. The smallest absolute Gasteiger partial charge is 0.339 e. The zero-order chi connectivity index (χ0) is 18.0. The third kappa shape index (κ3) is 3.25. The number of rotatable bonds is 5. The molecule has 0 radical (unpaired) electrons. The lowest BCUT2D eigenvalue weighted by molar-refractivity contribution is -0.384. The molecule has 0 unspecified atom stereocenters. The van der Waals surface area contributed by atoms with Crippen LogP contribution in [0, 0.1) is 10.1 Å². The van der Waals surface area contributed by atoms with E-state index in [0.29, 0.717) is 5.56 Å². The Morgan fingerprint density at radius 1 is 1.16 bits per heavy atom. The second kappa shape index (κ2) is 6.56. The van der Waals surface area contributed by atoms with Crippen molar-refractivity contribution >= 4 is 28.3 Å². The van der Waals surface area contributed by atoms with Gasteiger partial charge in [-0.15, -0.1) is 0 Å². The summed E-state index contributed by atoms with van der Waals surface area (Å²) in [6.07, 6.45) is 0.552. The number of carbonyl (C=O) groups is 2. The van der Waals surface area contributed by atoms with Crippen LogP contribution in [0.1, 0.15) is 27.6 Å². The van der Waals surface area contributed by atoms with Gasteiger partial charge in [0.1, 0.15) is 0 Å². The Bertz CT molecular complexity index is 976. The highest BCUT2D eigenvalue weighted by molar-refractivity contribution is 6.10. The van der Waals surface area contributed by atoms with Gasteiger partial charge < -0.3 is 9.72 Å². The average molecular weight is 338 g/mol.